The zero-order valence-electron chi connectivity index (χ0n) is 13.0. The molecule has 0 spiro atoms. The Labute approximate surface area is 138 Å². The predicted molar refractivity (Wildman–Crippen MR) is 90.8 cm³/mol. The molecule has 2 rings (SSSR count). The van der Waals surface area contributed by atoms with E-state index in [1.54, 1.807) is 18.2 Å². The maximum absolute atomic E-state index is 11.8. The van der Waals surface area contributed by atoms with Crippen molar-refractivity contribution in [2.45, 2.75) is 20.3 Å². The molecule has 0 aliphatic rings. The first kappa shape index (κ1) is 16.9. The Morgan fingerprint density at radius 3 is 2.52 bits per heavy atom. The SMILES string of the molecule is CC(=O)c1ccc(CCNC(=O)C(=O)Nc2cccc(C)c2)s1. The van der Waals surface area contributed by atoms with E-state index in [2.05, 4.69) is 10.6 Å². The van der Waals surface area contributed by atoms with Crippen LogP contribution in [0.3, 0.4) is 0 Å². The number of ketones is 1. The minimum Gasteiger partial charge on any atom is -0.347 e. The molecule has 0 aliphatic heterocycles. The maximum Gasteiger partial charge on any atom is 0.313 e. The first-order valence-electron chi connectivity index (χ1n) is 7.21. The van der Waals surface area contributed by atoms with Crippen LogP contribution in [0.2, 0.25) is 0 Å². The molecule has 2 amide bonds. The molecule has 6 heteroatoms. The molecule has 0 unspecified atom stereocenters. The van der Waals surface area contributed by atoms with Crippen molar-refractivity contribution in [3.05, 3.63) is 51.7 Å². The number of thiophene rings is 1. The number of Topliss-reactive ketones (excluding diaryl/α,β-unsaturated/α-hetero) is 1. The number of nitrogens with one attached hydrogen (secondary N) is 2. The van der Waals surface area contributed by atoms with Gasteiger partial charge in [0.25, 0.3) is 0 Å². The van der Waals surface area contributed by atoms with Gasteiger partial charge in [-0.2, -0.15) is 0 Å². The summed E-state index contributed by atoms with van der Waals surface area (Å²) in [5.41, 5.74) is 1.59. The number of rotatable bonds is 5. The Morgan fingerprint density at radius 1 is 1.09 bits per heavy atom. The summed E-state index contributed by atoms with van der Waals surface area (Å²) in [7, 11) is 0. The van der Waals surface area contributed by atoms with Crippen molar-refractivity contribution >= 4 is 34.6 Å². The number of anilines is 1. The lowest BCUT2D eigenvalue weighted by Crippen LogP contribution is -2.36. The van der Waals surface area contributed by atoms with Crippen LogP contribution in [0.15, 0.2) is 36.4 Å². The summed E-state index contributed by atoms with van der Waals surface area (Å²) in [4.78, 5) is 36.5. The summed E-state index contributed by atoms with van der Waals surface area (Å²) in [5.74, 6) is -1.33. The second-order valence-electron chi connectivity index (χ2n) is 5.15. The molecule has 0 aliphatic carbocycles. The number of hydrogen-bond acceptors (Lipinski definition) is 4. The van der Waals surface area contributed by atoms with Gasteiger partial charge in [0.1, 0.15) is 0 Å². The van der Waals surface area contributed by atoms with Gasteiger partial charge in [-0.15, -0.1) is 11.3 Å². The molecule has 1 heterocycles. The number of amides is 2. The van der Waals surface area contributed by atoms with E-state index in [1.165, 1.54) is 18.3 Å². The Hall–Kier alpha value is -2.47. The summed E-state index contributed by atoms with van der Waals surface area (Å²) in [5, 5.41) is 5.13. The number of carbonyl (C=O) groups is 3. The predicted octanol–water partition coefficient (Wildman–Crippen LogP) is 2.56. The minimum atomic E-state index is -0.689. The standard InChI is InChI=1S/C17H18N2O3S/c1-11-4-3-5-13(10-11)19-17(22)16(21)18-9-8-14-6-7-15(23-14)12(2)20/h3-7,10H,8-9H2,1-2H3,(H,18,21)(H,19,22). The van der Waals surface area contributed by atoms with Gasteiger partial charge in [-0.1, -0.05) is 12.1 Å². The zero-order valence-corrected chi connectivity index (χ0v) is 13.8. The third-order valence-corrected chi connectivity index (χ3v) is 4.39. The lowest BCUT2D eigenvalue weighted by atomic mass is 10.2. The highest BCUT2D eigenvalue weighted by atomic mass is 32.1. The third kappa shape index (κ3) is 5.03. The van der Waals surface area contributed by atoms with E-state index in [0.29, 0.717) is 23.5 Å². The fourth-order valence-corrected chi connectivity index (χ4v) is 2.89. The largest absolute Gasteiger partial charge is 0.347 e. The van der Waals surface area contributed by atoms with Gasteiger partial charge < -0.3 is 10.6 Å². The van der Waals surface area contributed by atoms with Crippen LogP contribution in [0.5, 0.6) is 0 Å². The van der Waals surface area contributed by atoms with E-state index in [4.69, 9.17) is 0 Å². The van der Waals surface area contributed by atoms with E-state index < -0.39 is 11.8 Å². The van der Waals surface area contributed by atoms with E-state index in [-0.39, 0.29) is 5.78 Å². The van der Waals surface area contributed by atoms with Gasteiger partial charge in [-0.25, -0.2) is 0 Å². The highest BCUT2D eigenvalue weighted by molar-refractivity contribution is 7.14. The maximum atomic E-state index is 11.8. The summed E-state index contributed by atoms with van der Waals surface area (Å²) >= 11 is 1.40. The first-order valence-corrected chi connectivity index (χ1v) is 8.03. The summed E-state index contributed by atoms with van der Waals surface area (Å²) in [6, 6.07) is 10.9. The molecule has 0 saturated carbocycles. The topological polar surface area (TPSA) is 75.3 Å². The zero-order chi connectivity index (χ0) is 16.8. The van der Waals surface area contributed by atoms with E-state index >= 15 is 0 Å². The van der Waals surface area contributed by atoms with Gasteiger partial charge >= 0.3 is 11.8 Å². The lowest BCUT2D eigenvalue weighted by molar-refractivity contribution is -0.136. The van der Waals surface area contributed by atoms with Crippen molar-refractivity contribution in [2.24, 2.45) is 0 Å². The molecule has 0 atom stereocenters. The van der Waals surface area contributed by atoms with Crippen LogP contribution in [0.1, 0.15) is 27.0 Å². The number of benzene rings is 1. The molecule has 120 valence electrons. The number of aryl methyl sites for hydroxylation is 1. The first-order chi connectivity index (χ1) is 11.0. The molecular formula is C17H18N2O3S. The van der Waals surface area contributed by atoms with E-state index in [0.717, 1.165) is 10.4 Å². The molecule has 0 radical (unpaired) electrons. The Kier molecular flexibility index (Phi) is 5.65. The normalized spacial score (nSPS) is 10.2. The van der Waals surface area contributed by atoms with Crippen LogP contribution in [-0.4, -0.2) is 24.1 Å². The highest BCUT2D eigenvalue weighted by Crippen LogP contribution is 2.17. The van der Waals surface area contributed by atoms with E-state index in [1.807, 2.05) is 25.1 Å². The van der Waals surface area contributed by atoms with Crippen molar-refractivity contribution in [3.8, 4) is 0 Å². The van der Waals surface area contributed by atoms with Crippen molar-refractivity contribution in [1.82, 2.24) is 5.32 Å². The fourth-order valence-electron chi connectivity index (χ4n) is 1.99. The van der Waals surface area contributed by atoms with Crippen LogP contribution in [0, 0.1) is 6.92 Å². The van der Waals surface area contributed by atoms with Crippen LogP contribution in [0.25, 0.3) is 0 Å². The fraction of sp³-hybridized carbons (Fsp3) is 0.235. The van der Waals surface area contributed by atoms with Gasteiger partial charge in [-0.3, -0.25) is 14.4 Å². The quantitative estimate of drug-likeness (QED) is 0.653. The van der Waals surface area contributed by atoms with Crippen LogP contribution in [0.4, 0.5) is 5.69 Å². The van der Waals surface area contributed by atoms with Gasteiger partial charge in [0, 0.05) is 17.1 Å². The molecule has 1 aromatic heterocycles. The van der Waals surface area contributed by atoms with Crippen LogP contribution >= 0.6 is 11.3 Å². The average molecular weight is 330 g/mol. The van der Waals surface area contributed by atoms with Gasteiger partial charge in [0.05, 0.1) is 4.88 Å². The second-order valence-corrected chi connectivity index (χ2v) is 6.32. The van der Waals surface area contributed by atoms with Crippen LogP contribution in [-0.2, 0) is 16.0 Å². The third-order valence-electron chi connectivity index (χ3n) is 3.15. The van der Waals surface area contributed by atoms with Crippen LogP contribution < -0.4 is 10.6 Å². The summed E-state index contributed by atoms with van der Waals surface area (Å²) in [6.07, 6.45) is 0.585. The lowest BCUT2D eigenvalue weighted by Gasteiger charge is -2.06. The van der Waals surface area contributed by atoms with Gasteiger partial charge in [-0.05, 0) is 50.1 Å². The molecule has 2 N–H and O–H groups in total. The average Bonchev–Trinajstić information content (AvgIpc) is 2.96. The molecule has 0 bridgehead atoms. The molecule has 5 nitrogen and oxygen atoms in total. The molecule has 1 aromatic carbocycles. The summed E-state index contributed by atoms with van der Waals surface area (Å²) in [6.45, 7) is 3.77. The molecule has 0 saturated heterocycles. The van der Waals surface area contributed by atoms with Crippen molar-refractivity contribution in [2.75, 3.05) is 11.9 Å². The highest BCUT2D eigenvalue weighted by Gasteiger charge is 2.13. The number of carbonyl (C=O) groups excluding carboxylic acids is 3. The minimum absolute atomic E-state index is 0.0304. The summed E-state index contributed by atoms with van der Waals surface area (Å²) < 4.78 is 0. The smallest absolute Gasteiger partial charge is 0.313 e. The molecular weight excluding hydrogens is 312 g/mol. The monoisotopic (exact) mass is 330 g/mol. The Bertz CT molecular complexity index is 737. The molecule has 23 heavy (non-hydrogen) atoms. The molecule has 0 fully saturated rings. The van der Waals surface area contributed by atoms with Crippen molar-refractivity contribution < 1.29 is 14.4 Å². The molecule has 2 aromatic rings. The van der Waals surface area contributed by atoms with Crippen molar-refractivity contribution in [1.29, 1.82) is 0 Å². The van der Waals surface area contributed by atoms with Crippen molar-refractivity contribution in [3.63, 3.8) is 0 Å². The Balaban J connectivity index is 1.79. The number of hydrogen-bond donors (Lipinski definition) is 2. The Morgan fingerprint density at radius 2 is 1.87 bits per heavy atom. The van der Waals surface area contributed by atoms with E-state index in [9.17, 15) is 14.4 Å². The van der Waals surface area contributed by atoms with Gasteiger partial charge in [0.2, 0.25) is 0 Å². The second kappa shape index (κ2) is 7.69. The van der Waals surface area contributed by atoms with Gasteiger partial charge in [0.15, 0.2) is 5.78 Å².